The summed E-state index contributed by atoms with van der Waals surface area (Å²) in [4.78, 5) is 2.47. The van der Waals surface area contributed by atoms with Gasteiger partial charge in [-0.2, -0.15) is 0 Å². The minimum absolute atomic E-state index is 0.248. The van der Waals surface area contributed by atoms with Crippen molar-refractivity contribution in [2.24, 2.45) is 0 Å². The van der Waals surface area contributed by atoms with Gasteiger partial charge in [0, 0.05) is 42.6 Å². The molecule has 2 heteroatoms. The lowest BCUT2D eigenvalue weighted by atomic mass is 9.70. The van der Waals surface area contributed by atoms with Crippen LogP contribution in [0.5, 0.6) is 0 Å². The van der Waals surface area contributed by atoms with Gasteiger partial charge >= 0.3 is 0 Å². The molecule has 0 bridgehead atoms. The Morgan fingerprint density at radius 2 is 1.04 bits per heavy atom. The van der Waals surface area contributed by atoms with E-state index in [-0.39, 0.29) is 5.41 Å². The van der Waals surface area contributed by atoms with Gasteiger partial charge in [0.05, 0.1) is 5.41 Å². The summed E-state index contributed by atoms with van der Waals surface area (Å²) in [5, 5.41) is 2.60. The minimum Gasteiger partial charge on any atom is -0.310 e. The van der Waals surface area contributed by atoms with Crippen LogP contribution in [-0.4, -0.2) is 0 Å². The van der Waals surface area contributed by atoms with Gasteiger partial charge in [0.2, 0.25) is 0 Å². The maximum absolute atomic E-state index is 5.91. The van der Waals surface area contributed by atoms with Crippen LogP contribution < -0.4 is 4.90 Å². The first-order chi connectivity index (χ1) is 26.9. The Balaban J connectivity index is 1.19. The summed E-state index contributed by atoms with van der Waals surface area (Å²) >= 11 is 1.86. The molecule has 0 saturated heterocycles. The fourth-order valence-corrected chi connectivity index (χ4v) is 11.4. The number of rotatable bonds is 3. The van der Waals surface area contributed by atoms with Crippen LogP contribution in [-0.2, 0) is 10.8 Å². The molecule has 3 aliphatic rings. The van der Waals surface area contributed by atoms with Crippen LogP contribution in [0.1, 0.15) is 54.2 Å². The molecule has 0 radical (unpaired) electrons. The van der Waals surface area contributed by atoms with Gasteiger partial charge in [-0.15, -0.1) is 17.8 Å². The first-order valence-corrected chi connectivity index (χ1v) is 19.9. The molecule has 1 spiro atoms. The first kappa shape index (κ1) is 32.1. The Kier molecular flexibility index (Phi) is 6.73. The van der Waals surface area contributed by atoms with E-state index >= 15 is 0 Å². The second kappa shape index (κ2) is 11.6. The van der Waals surface area contributed by atoms with Gasteiger partial charge in [-0.05, 0) is 122 Å². The van der Waals surface area contributed by atoms with E-state index in [2.05, 4.69) is 189 Å². The Morgan fingerprint density at radius 3 is 1.67 bits per heavy atom. The number of terminal acetylenes is 1. The van der Waals surface area contributed by atoms with Crippen molar-refractivity contribution in [3.8, 4) is 34.6 Å². The number of allylic oxidation sites excluding steroid dienone is 4. The maximum atomic E-state index is 5.91. The molecule has 1 heterocycles. The van der Waals surface area contributed by atoms with E-state index in [1.807, 2.05) is 17.4 Å². The van der Waals surface area contributed by atoms with Crippen LogP contribution in [0.15, 0.2) is 169 Å². The largest absolute Gasteiger partial charge is 0.310 e. The summed E-state index contributed by atoms with van der Waals surface area (Å²) in [6.45, 7) is 6.71. The highest BCUT2D eigenvalue weighted by molar-refractivity contribution is 7.25. The molecule has 11 rings (SSSR count). The molecule has 0 unspecified atom stereocenters. The molecule has 0 fully saturated rings. The number of benzene rings is 7. The lowest BCUT2D eigenvalue weighted by Crippen LogP contribution is -2.26. The van der Waals surface area contributed by atoms with E-state index in [9.17, 15) is 0 Å². The van der Waals surface area contributed by atoms with Gasteiger partial charge in [0.1, 0.15) is 0 Å². The molecular weight excluding hydrogens is 683 g/mol. The zero-order chi connectivity index (χ0) is 37.1. The number of fused-ring (bicyclic) bond motifs is 14. The third-order valence-corrected chi connectivity index (χ3v) is 13.7. The number of thiophene rings is 1. The van der Waals surface area contributed by atoms with Gasteiger partial charge in [0.15, 0.2) is 0 Å². The predicted molar refractivity (Wildman–Crippen MR) is 234 cm³/mol. The first-order valence-electron chi connectivity index (χ1n) is 19.1. The molecule has 3 aliphatic carbocycles. The molecule has 1 nitrogen and oxygen atoms in total. The molecule has 0 saturated carbocycles. The van der Waals surface area contributed by atoms with Crippen molar-refractivity contribution in [3.63, 3.8) is 0 Å². The molecule has 8 aromatic rings. The molecule has 260 valence electrons. The molecule has 1 aromatic heterocycles. The van der Waals surface area contributed by atoms with E-state index in [0.29, 0.717) is 0 Å². The van der Waals surface area contributed by atoms with Gasteiger partial charge < -0.3 is 4.90 Å². The van der Waals surface area contributed by atoms with E-state index < -0.39 is 5.41 Å². The minimum atomic E-state index is -0.425. The van der Waals surface area contributed by atoms with Crippen molar-refractivity contribution in [1.29, 1.82) is 0 Å². The summed E-state index contributed by atoms with van der Waals surface area (Å²) in [6.07, 6.45) is 10.1. The molecule has 0 aliphatic heterocycles. The van der Waals surface area contributed by atoms with E-state index in [1.165, 1.54) is 87.0 Å². The molecule has 55 heavy (non-hydrogen) atoms. The smallest absolute Gasteiger partial charge is 0.0726 e. The van der Waals surface area contributed by atoms with Gasteiger partial charge in [-0.1, -0.05) is 135 Å². The van der Waals surface area contributed by atoms with Gasteiger partial charge in [-0.25, -0.2) is 0 Å². The van der Waals surface area contributed by atoms with Crippen molar-refractivity contribution >= 4 is 54.1 Å². The number of hydrogen-bond acceptors (Lipinski definition) is 2. The summed E-state index contributed by atoms with van der Waals surface area (Å²) in [7, 11) is 0. The molecule has 0 amide bonds. The van der Waals surface area contributed by atoms with Gasteiger partial charge in [-0.3, -0.25) is 0 Å². The highest BCUT2D eigenvalue weighted by Gasteiger charge is 2.51. The molecular formula is C53H37NS. The number of nitrogens with zero attached hydrogens (tertiary/aromatic N) is 1. The summed E-state index contributed by atoms with van der Waals surface area (Å²) in [6, 6.07) is 57.1. The Bertz CT molecular complexity index is 2990. The quantitative estimate of drug-likeness (QED) is 0.164. The van der Waals surface area contributed by atoms with Crippen molar-refractivity contribution < 1.29 is 0 Å². The van der Waals surface area contributed by atoms with Crippen LogP contribution in [0.2, 0.25) is 0 Å². The highest BCUT2D eigenvalue weighted by Crippen LogP contribution is 2.63. The topological polar surface area (TPSA) is 3.24 Å². The van der Waals surface area contributed by atoms with E-state index in [4.69, 9.17) is 6.42 Å². The average molecular weight is 720 g/mol. The Hall–Kier alpha value is -6.40. The normalized spacial score (nSPS) is 16.6. The molecule has 7 aromatic carbocycles. The monoisotopic (exact) mass is 719 g/mol. The van der Waals surface area contributed by atoms with Gasteiger partial charge in [0.25, 0.3) is 0 Å². The number of anilines is 3. The van der Waals surface area contributed by atoms with Crippen molar-refractivity contribution in [3.05, 3.63) is 203 Å². The third kappa shape index (κ3) is 4.20. The molecule has 0 atom stereocenters. The zero-order valence-electron chi connectivity index (χ0n) is 31.0. The lowest BCUT2D eigenvalue weighted by molar-refractivity contribution is 0.661. The third-order valence-electron chi connectivity index (χ3n) is 12.6. The standard InChI is InChI=1S/C53H37NS/c1-5-15-44-36(6-2)40-27-24-33(30-48(40)52(44,3)4)54(35-26-29-43-42-19-10-14-23-50(42)55-51(43)32-35)34-25-28-41-39-18-9-13-22-47(39)53(49(41)31-34)45-20-11-7-16-37(45)38-17-8-12-21-46(38)53/h1,6-32H,2-4H3. The predicted octanol–water partition coefficient (Wildman–Crippen LogP) is 14.1. The van der Waals surface area contributed by atoms with Crippen LogP contribution in [0.3, 0.4) is 0 Å². The lowest BCUT2D eigenvalue weighted by Gasteiger charge is -2.32. The van der Waals surface area contributed by atoms with Crippen LogP contribution >= 0.6 is 11.3 Å². The Labute approximate surface area is 326 Å². The fourth-order valence-electron chi connectivity index (χ4n) is 10.2. The highest BCUT2D eigenvalue weighted by atomic mass is 32.1. The maximum Gasteiger partial charge on any atom is 0.0726 e. The number of hydrogen-bond donors (Lipinski definition) is 0. The van der Waals surface area contributed by atoms with Crippen LogP contribution in [0, 0.1) is 12.3 Å². The van der Waals surface area contributed by atoms with Crippen molar-refractivity contribution in [2.45, 2.75) is 31.6 Å². The average Bonchev–Trinajstić information content (AvgIpc) is 3.90. The molecule has 0 N–H and O–H groups in total. The van der Waals surface area contributed by atoms with Crippen LogP contribution in [0.4, 0.5) is 17.1 Å². The second-order valence-electron chi connectivity index (χ2n) is 15.5. The Morgan fingerprint density at radius 1 is 0.527 bits per heavy atom. The second-order valence-corrected chi connectivity index (χ2v) is 16.6. The SMILES string of the molecule is C#CC=C1C(=CC)c2ccc(N(c3ccc4c(c3)C3(c5ccccc5-c5ccccc53)c3ccccc3-4)c3ccc4c(c3)sc3ccccc34)cc2C1(C)C. The van der Waals surface area contributed by atoms with Crippen LogP contribution in [0.25, 0.3) is 48.0 Å². The fraction of sp³-hybridized carbons (Fsp3) is 0.0943. The van der Waals surface area contributed by atoms with Crippen molar-refractivity contribution in [1.82, 2.24) is 0 Å². The summed E-state index contributed by atoms with van der Waals surface area (Å²) in [5.74, 6) is 2.84. The summed E-state index contributed by atoms with van der Waals surface area (Å²) in [5.41, 5.74) is 18.3. The van der Waals surface area contributed by atoms with Crippen molar-refractivity contribution in [2.75, 3.05) is 4.90 Å². The van der Waals surface area contributed by atoms with E-state index in [0.717, 1.165) is 17.1 Å². The zero-order valence-corrected chi connectivity index (χ0v) is 31.8. The van der Waals surface area contributed by atoms with E-state index in [1.54, 1.807) is 0 Å². The summed E-state index contributed by atoms with van der Waals surface area (Å²) < 4.78 is 2.59.